The van der Waals surface area contributed by atoms with Crippen molar-refractivity contribution >= 4 is 62.5 Å². The van der Waals surface area contributed by atoms with Crippen molar-refractivity contribution in [2.45, 2.75) is 135 Å². The maximum absolute atomic E-state index is 17.3. The molecule has 0 bridgehead atoms. The van der Waals surface area contributed by atoms with E-state index in [2.05, 4.69) is 35.3 Å². The van der Waals surface area contributed by atoms with E-state index in [4.69, 9.17) is 14.7 Å². The maximum atomic E-state index is 17.3. The van der Waals surface area contributed by atoms with Crippen LogP contribution in [-0.4, -0.2) is 211 Å². The molecule has 4 amide bonds. The molecule has 4 saturated heterocycles. The molecular weight excluding hydrogens is 1200 g/mol. The number of halogens is 3. The molecule has 0 spiro atoms. The lowest BCUT2D eigenvalue weighted by Crippen LogP contribution is -2.59. The number of piperazine rings is 2. The third kappa shape index (κ3) is 14.1. The van der Waals surface area contributed by atoms with Crippen molar-refractivity contribution in [1.82, 2.24) is 55.1 Å². The number of thiazole rings is 1. The minimum absolute atomic E-state index is 0.0152. The number of piperidine rings is 1. The minimum atomic E-state index is -2.02. The van der Waals surface area contributed by atoms with E-state index < -0.39 is 70.3 Å². The number of hydrogen-bond acceptors (Lipinski definition) is 17. The average molecular weight is 1290 g/mol. The number of pyridine rings is 1. The van der Waals surface area contributed by atoms with Gasteiger partial charge in [0.25, 0.3) is 5.91 Å². The standard InChI is InChI=1S/C68H85F3N12O8S/c1-7-47-50(69)14-13-44-31-45(84)32-48(54(44)47)56-55(70)57-49(35-72-56)60(82-20-8-15-66(6,90)37-82)77-64(75-57)91-39-67(16-17-67)38-80-25-23-78(24-26-80)21-22-79-27-29-81(30-28-79)53(86)34-51(42-9-11-43(12-10-42)58-41(2)73-40-92-58)74-61(87)52-33-46(85)36-83(52)62(88)59(65(3,4)5)76-63(89)68(71)18-19-68/h9-14,31-32,35,40,46,51-52,59,84-85,90H,7-8,15-30,33-34,36-39H2,1-6H3,(H,74,87)(H,76,89)/t46-,51+,52+,59-,66-/m1/s1. The van der Waals surface area contributed by atoms with Gasteiger partial charge >= 0.3 is 6.01 Å². The molecule has 0 unspecified atom stereocenters. The Morgan fingerprint density at radius 1 is 0.870 bits per heavy atom. The molecule has 6 aromatic rings. The van der Waals surface area contributed by atoms with Crippen molar-refractivity contribution in [3.05, 3.63) is 88.7 Å². The highest BCUT2D eigenvalue weighted by atomic mass is 32.1. The predicted molar refractivity (Wildman–Crippen MR) is 345 cm³/mol. The third-order valence-corrected chi connectivity index (χ3v) is 20.7. The third-order valence-electron chi connectivity index (χ3n) is 19.7. The maximum Gasteiger partial charge on any atom is 0.319 e. The summed E-state index contributed by atoms with van der Waals surface area (Å²) in [7, 11) is 0. The van der Waals surface area contributed by atoms with Gasteiger partial charge in [-0.05, 0) is 110 Å². The molecule has 2 aliphatic carbocycles. The van der Waals surface area contributed by atoms with Gasteiger partial charge in [-0.15, -0.1) is 11.3 Å². The van der Waals surface area contributed by atoms with Gasteiger partial charge in [-0.3, -0.25) is 34.0 Å². The monoisotopic (exact) mass is 1290 g/mol. The van der Waals surface area contributed by atoms with Crippen molar-refractivity contribution in [3.63, 3.8) is 0 Å². The number of rotatable bonds is 20. The lowest BCUT2D eigenvalue weighted by molar-refractivity contribution is -0.145. The summed E-state index contributed by atoms with van der Waals surface area (Å²) >= 11 is 1.52. The molecule has 5 atom stereocenters. The van der Waals surface area contributed by atoms with Gasteiger partial charge in [0.15, 0.2) is 11.5 Å². The second-order valence-electron chi connectivity index (χ2n) is 27.9. The van der Waals surface area contributed by atoms with Crippen LogP contribution in [0.2, 0.25) is 0 Å². The summed E-state index contributed by atoms with van der Waals surface area (Å²) in [5, 5.41) is 40.0. The van der Waals surface area contributed by atoms with E-state index in [0.717, 1.165) is 74.8 Å². The normalized spacial score (nSPS) is 22.6. The number of alkyl halides is 1. The first-order chi connectivity index (χ1) is 43.9. The molecule has 3 aromatic carbocycles. The fourth-order valence-corrected chi connectivity index (χ4v) is 14.6. The van der Waals surface area contributed by atoms with Crippen LogP contribution >= 0.6 is 11.3 Å². The van der Waals surface area contributed by atoms with E-state index in [1.807, 2.05) is 47.9 Å². The number of nitrogens with zero attached hydrogens (tertiary/aromatic N) is 10. The fourth-order valence-electron chi connectivity index (χ4n) is 13.8. The number of aryl methyl sites for hydroxylation is 2. The van der Waals surface area contributed by atoms with Gasteiger partial charge in [0.2, 0.25) is 17.7 Å². The van der Waals surface area contributed by atoms with Crippen LogP contribution in [0.4, 0.5) is 19.0 Å². The number of amides is 4. The molecule has 0 radical (unpaired) electrons. The van der Waals surface area contributed by atoms with Crippen molar-refractivity contribution in [3.8, 4) is 33.5 Å². The summed E-state index contributed by atoms with van der Waals surface area (Å²) in [6.07, 6.45) is 4.09. The number of carbonyl (C=O) groups is 4. The lowest BCUT2D eigenvalue weighted by Gasteiger charge is -2.39. The van der Waals surface area contributed by atoms with Crippen molar-refractivity contribution in [1.29, 1.82) is 0 Å². The first-order valence-corrected chi connectivity index (χ1v) is 33.4. The zero-order chi connectivity index (χ0) is 65.0. The smallest absolute Gasteiger partial charge is 0.319 e. The second kappa shape index (κ2) is 26.0. The van der Waals surface area contributed by atoms with Crippen LogP contribution in [0, 0.1) is 29.4 Å². The minimum Gasteiger partial charge on any atom is -0.508 e. The topological polar surface area (TPSA) is 233 Å². The number of benzene rings is 3. The summed E-state index contributed by atoms with van der Waals surface area (Å²) < 4.78 is 53.9. The highest BCUT2D eigenvalue weighted by molar-refractivity contribution is 7.13. The largest absolute Gasteiger partial charge is 0.508 e. The average Bonchev–Trinajstić information content (AvgIpc) is 0.944. The molecule has 5 N–H and O–H groups in total. The molecular formula is C68H85F3N12O8S. The van der Waals surface area contributed by atoms with E-state index in [0.29, 0.717) is 91.7 Å². The molecule has 20 nitrogen and oxygen atoms in total. The Morgan fingerprint density at radius 3 is 2.21 bits per heavy atom. The summed E-state index contributed by atoms with van der Waals surface area (Å²) in [6.45, 7) is 20.3. The van der Waals surface area contributed by atoms with E-state index >= 15 is 8.78 Å². The number of phenols is 1. The number of carbonyl (C=O) groups excluding carboxylic acids is 4. The Kier molecular flexibility index (Phi) is 18.4. The first kappa shape index (κ1) is 65.0. The molecule has 24 heteroatoms. The number of anilines is 1. The number of nitrogens with one attached hydrogen (secondary N) is 2. The molecule has 2 saturated carbocycles. The Labute approximate surface area is 538 Å². The highest BCUT2D eigenvalue weighted by Crippen LogP contribution is 2.47. The van der Waals surface area contributed by atoms with Gasteiger partial charge in [-0.1, -0.05) is 58.0 Å². The zero-order valence-electron chi connectivity index (χ0n) is 53.5. The Bertz CT molecular complexity index is 3750. The molecule has 4 aliphatic heterocycles. The Balaban J connectivity index is 0.652. The summed E-state index contributed by atoms with van der Waals surface area (Å²) in [4.78, 5) is 88.0. The number of β-amino-alcohol motifs (C(OH)–C–C–N with tert-alkyl or cyclic N) is 2. The van der Waals surface area contributed by atoms with Crippen LogP contribution < -0.4 is 20.3 Å². The molecule has 492 valence electrons. The second-order valence-corrected chi connectivity index (χ2v) is 28.8. The summed E-state index contributed by atoms with van der Waals surface area (Å²) in [5.74, 6) is -3.01. The van der Waals surface area contributed by atoms with E-state index in [-0.39, 0.29) is 78.6 Å². The predicted octanol–water partition coefficient (Wildman–Crippen LogP) is 7.34. The first-order valence-electron chi connectivity index (χ1n) is 32.5. The van der Waals surface area contributed by atoms with Crippen molar-refractivity contribution in [2.75, 3.05) is 103 Å². The lowest BCUT2D eigenvalue weighted by atomic mass is 9.85. The van der Waals surface area contributed by atoms with Gasteiger partial charge < -0.3 is 50.3 Å². The number of hydrogen-bond donors (Lipinski definition) is 5. The van der Waals surface area contributed by atoms with E-state index in [1.54, 1.807) is 39.3 Å². The van der Waals surface area contributed by atoms with Crippen LogP contribution in [0.3, 0.4) is 0 Å². The van der Waals surface area contributed by atoms with Gasteiger partial charge in [0.1, 0.15) is 40.7 Å². The van der Waals surface area contributed by atoms with E-state index in [1.165, 1.54) is 40.6 Å². The number of fused-ring (bicyclic) bond motifs is 2. The van der Waals surface area contributed by atoms with Gasteiger partial charge in [0, 0.05) is 115 Å². The highest BCUT2D eigenvalue weighted by Gasteiger charge is 2.54. The van der Waals surface area contributed by atoms with Gasteiger partial charge in [-0.2, -0.15) is 9.97 Å². The SMILES string of the molecule is CCc1c(F)ccc2cc(O)cc(-c3ncc4c(N5CCC[C@@](C)(O)C5)nc(OCC5(CN6CCN(CCN7CCN(C(=O)C[C@H](NC(=O)[C@@H]8C[C@@H](O)CN8C(=O)[C@@H](NC(=O)C8(F)CC8)C(C)(C)C)c8ccc(-c9scnc9C)cc8)CC7)CC6)CC5)nc4c3F)c12. The molecule has 6 aliphatic rings. The van der Waals surface area contributed by atoms with Crippen LogP contribution in [0.15, 0.2) is 60.2 Å². The van der Waals surface area contributed by atoms with Crippen LogP contribution in [-0.2, 0) is 25.6 Å². The molecule has 6 fully saturated rings. The number of aliphatic hydroxyl groups excluding tert-OH is 1. The van der Waals surface area contributed by atoms with Crippen LogP contribution in [0.1, 0.15) is 109 Å². The Morgan fingerprint density at radius 2 is 1.57 bits per heavy atom. The van der Waals surface area contributed by atoms with Gasteiger partial charge in [0.05, 0.1) is 52.2 Å². The number of aromatic hydroxyl groups is 1. The molecule has 12 rings (SSSR count). The van der Waals surface area contributed by atoms with Crippen molar-refractivity contribution in [2.24, 2.45) is 10.8 Å². The zero-order valence-corrected chi connectivity index (χ0v) is 54.3. The van der Waals surface area contributed by atoms with E-state index in [9.17, 15) is 38.9 Å². The number of ether oxygens (including phenoxy) is 1. The number of likely N-dealkylation sites (tertiary alicyclic amines) is 1. The number of aromatic nitrogens is 4. The quantitative estimate of drug-likeness (QED) is 0.0503. The van der Waals surface area contributed by atoms with Crippen molar-refractivity contribution < 1.29 is 52.4 Å². The summed E-state index contributed by atoms with van der Waals surface area (Å²) in [6, 6.07) is 10.5. The van der Waals surface area contributed by atoms with Crippen LogP contribution in [0.25, 0.3) is 43.4 Å². The molecule has 92 heavy (non-hydrogen) atoms. The van der Waals surface area contributed by atoms with Crippen LogP contribution in [0.5, 0.6) is 11.8 Å². The molecule has 3 aromatic heterocycles. The number of phenolic OH excluding ortho intramolecular Hbond substituents is 1. The number of aliphatic hydroxyl groups is 2. The Hall–Kier alpha value is -7.09. The van der Waals surface area contributed by atoms with Gasteiger partial charge in [-0.25, -0.2) is 18.2 Å². The summed E-state index contributed by atoms with van der Waals surface area (Å²) in [5.41, 5.74) is 0.844. The fraction of sp³-hybridized carbons (Fsp3) is 0.559. The molecule has 7 heterocycles.